The first-order valence-electron chi connectivity index (χ1n) is 6.18. The van der Waals surface area contributed by atoms with Crippen molar-refractivity contribution >= 4 is 22.7 Å². The number of nitriles is 1. The maximum Gasteiger partial charge on any atom is 0.327 e. The van der Waals surface area contributed by atoms with E-state index in [9.17, 15) is 13.8 Å². The van der Waals surface area contributed by atoms with Gasteiger partial charge in [0, 0.05) is 23.5 Å². The van der Waals surface area contributed by atoms with Crippen molar-refractivity contribution in [2.75, 3.05) is 5.75 Å². The molecule has 0 spiro atoms. The van der Waals surface area contributed by atoms with Gasteiger partial charge in [0.05, 0.1) is 17.4 Å². The lowest BCUT2D eigenvalue weighted by atomic mass is 10.1. The molecule has 0 aromatic heterocycles. The van der Waals surface area contributed by atoms with Crippen LogP contribution in [-0.4, -0.2) is 33.0 Å². The smallest absolute Gasteiger partial charge is 0.327 e. The fraction of sp³-hybridized carbons (Fsp3) is 0.357. The van der Waals surface area contributed by atoms with Crippen LogP contribution in [-0.2, 0) is 26.1 Å². The van der Waals surface area contributed by atoms with E-state index in [2.05, 4.69) is 5.32 Å². The molecule has 0 saturated heterocycles. The minimum absolute atomic E-state index is 0.158. The van der Waals surface area contributed by atoms with E-state index >= 15 is 0 Å². The summed E-state index contributed by atoms with van der Waals surface area (Å²) in [5.41, 5.74) is 2.14. The number of hydrogen-bond donors (Lipinski definition) is 2. The second kappa shape index (κ2) is 7.55. The lowest BCUT2D eigenvalue weighted by Gasteiger charge is -2.13. The van der Waals surface area contributed by atoms with Gasteiger partial charge in [0.25, 0.3) is 0 Å². The Balaban J connectivity index is 2.75. The van der Waals surface area contributed by atoms with Crippen LogP contribution in [0.5, 0.6) is 0 Å². The summed E-state index contributed by atoms with van der Waals surface area (Å²) < 4.78 is 12.0. The maximum atomic E-state index is 12.0. The molecular formula is C14H16N2O4S. The summed E-state index contributed by atoms with van der Waals surface area (Å²) in [4.78, 5) is 21.9. The zero-order valence-electron chi connectivity index (χ0n) is 11.8. The summed E-state index contributed by atoms with van der Waals surface area (Å²) >= 11 is 0. The molecule has 0 heterocycles. The Labute approximate surface area is 125 Å². The van der Waals surface area contributed by atoms with E-state index in [-0.39, 0.29) is 11.5 Å². The molecule has 2 atom stereocenters. The third kappa shape index (κ3) is 5.36. The second-order valence-corrected chi connectivity index (χ2v) is 6.10. The van der Waals surface area contributed by atoms with Crippen molar-refractivity contribution < 1.29 is 18.9 Å². The second-order valence-electron chi connectivity index (χ2n) is 4.60. The fourth-order valence-electron chi connectivity index (χ4n) is 1.77. The number of nitrogens with zero attached hydrogens (tertiary/aromatic N) is 1. The number of carboxylic acid groups (broad SMARTS) is 1. The standard InChI is InChI=1S/C14H16N2O4S/c1-9-5-11(6-15)3-4-12(9)7-21(20)8-13(14(18)19)16-10(2)17/h3-5,13H,7-8H2,1-2H3,(H,16,17)(H,18,19)/t13-,21?/m0/s1. The number of benzene rings is 1. The summed E-state index contributed by atoms with van der Waals surface area (Å²) in [5.74, 6) is -1.67. The lowest BCUT2D eigenvalue weighted by Crippen LogP contribution is -2.43. The van der Waals surface area contributed by atoms with Gasteiger partial charge in [-0.15, -0.1) is 0 Å². The Hall–Kier alpha value is -2.20. The molecule has 1 unspecified atom stereocenters. The summed E-state index contributed by atoms with van der Waals surface area (Å²) in [6.07, 6.45) is 0. The maximum absolute atomic E-state index is 12.0. The van der Waals surface area contributed by atoms with Crippen LogP contribution in [0, 0.1) is 18.3 Å². The third-order valence-corrected chi connectivity index (χ3v) is 4.15. The van der Waals surface area contributed by atoms with Crippen molar-refractivity contribution in [3.8, 4) is 6.07 Å². The molecule has 1 amide bonds. The molecule has 0 aliphatic rings. The van der Waals surface area contributed by atoms with Crippen LogP contribution in [0.25, 0.3) is 0 Å². The fourth-order valence-corrected chi connectivity index (χ4v) is 3.15. The highest BCUT2D eigenvalue weighted by Gasteiger charge is 2.21. The zero-order valence-corrected chi connectivity index (χ0v) is 12.6. The molecule has 0 aliphatic heterocycles. The molecule has 112 valence electrons. The van der Waals surface area contributed by atoms with Crippen LogP contribution in [0.1, 0.15) is 23.6 Å². The van der Waals surface area contributed by atoms with Crippen LogP contribution in [0.3, 0.4) is 0 Å². The van der Waals surface area contributed by atoms with Gasteiger partial charge in [-0.1, -0.05) is 6.07 Å². The van der Waals surface area contributed by atoms with E-state index in [1.54, 1.807) is 25.1 Å². The summed E-state index contributed by atoms with van der Waals surface area (Å²) in [6, 6.07) is 5.88. The van der Waals surface area contributed by atoms with Crippen molar-refractivity contribution in [1.29, 1.82) is 5.26 Å². The van der Waals surface area contributed by atoms with Crippen molar-refractivity contribution in [3.63, 3.8) is 0 Å². The molecule has 1 aromatic rings. The van der Waals surface area contributed by atoms with Gasteiger partial charge in [-0.25, -0.2) is 4.79 Å². The van der Waals surface area contributed by atoms with E-state index in [0.717, 1.165) is 11.1 Å². The molecule has 0 aliphatic carbocycles. The van der Waals surface area contributed by atoms with Gasteiger partial charge in [0.2, 0.25) is 5.91 Å². The molecule has 0 radical (unpaired) electrons. The molecule has 0 saturated carbocycles. The lowest BCUT2D eigenvalue weighted by molar-refractivity contribution is -0.140. The quantitative estimate of drug-likeness (QED) is 0.804. The van der Waals surface area contributed by atoms with Gasteiger partial charge in [-0.05, 0) is 30.2 Å². The number of carbonyl (C=O) groups is 2. The minimum Gasteiger partial charge on any atom is -0.480 e. The molecule has 1 aromatic carbocycles. The summed E-state index contributed by atoms with van der Waals surface area (Å²) in [7, 11) is -1.44. The van der Waals surface area contributed by atoms with E-state index < -0.39 is 28.7 Å². The van der Waals surface area contributed by atoms with Crippen molar-refractivity contribution in [3.05, 3.63) is 34.9 Å². The Bertz CT molecular complexity index is 622. The minimum atomic E-state index is -1.44. The van der Waals surface area contributed by atoms with Gasteiger partial charge in [0.15, 0.2) is 0 Å². The Morgan fingerprint density at radius 2 is 2.14 bits per heavy atom. The number of nitrogens with one attached hydrogen (secondary N) is 1. The average Bonchev–Trinajstić information content (AvgIpc) is 2.39. The number of amides is 1. The number of rotatable bonds is 6. The van der Waals surface area contributed by atoms with Crippen LogP contribution in [0.2, 0.25) is 0 Å². The van der Waals surface area contributed by atoms with Crippen LogP contribution < -0.4 is 5.32 Å². The summed E-state index contributed by atoms with van der Waals surface area (Å²) in [5, 5.41) is 20.0. The van der Waals surface area contributed by atoms with Gasteiger partial charge in [-0.3, -0.25) is 9.00 Å². The van der Waals surface area contributed by atoms with Gasteiger partial charge >= 0.3 is 5.97 Å². The monoisotopic (exact) mass is 308 g/mol. The molecule has 7 heteroatoms. The number of carboxylic acids is 1. The largest absolute Gasteiger partial charge is 0.480 e. The molecule has 1 rings (SSSR count). The first kappa shape index (κ1) is 16.9. The summed E-state index contributed by atoms with van der Waals surface area (Å²) in [6.45, 7) is 3.01. The first-order valence-corrected chi connectivity index (χ1v) is 7.66. The molecule has 2 N–H and O–H groups in total. The van der Waals surface area contributed by atoms with E-state index in [1.807, 2.05) is 6.07 Å². The van der Waals surface area contributed by atoms with Crippen molar-refractivity contribution in [1.82, 2.24) is 5.32 Å². The molecule has 6 nitrogen and oxygen atoms in total. The highest BCUT2D eigenvalue weighted by atomic mass is 32.2. The predicted molar refractivity (Wildman–Crippen MR) is 77.8 cm³/mol. The van der Waals surface area contributed by atoms with E-state index in [1.165, 1.54) is 6.92 Å². The number of aliphatic carboxylic acids is 1. The van der Waals surface area contributed by atoms with Gasteiger partial charge in [-0.2, -0.15) is 5.26 Å². The topological polar surface area (TPSA) is 107 Å². The SMILES string of the molecule is CC(=O)N[C@@H](CS(=O)Cc1ccc(C#N)cc1C)C(=O)O. The normalized spacial score (nSPS) is 13.0. The molecular weight excluding hydrogens is 292 g/mol. The van der Waals surface area contributed by atoms with Gasteiger partial charge < -0.3 is 10.4 Å². The molecule has 0 fully saturated rings. The number of carbonyl (C=O) groups excluding carboxylic acids is 1. The highest BCUT2D eigenvalue weighted by molar-refractivity contribution is 7.84. The Morgan fingerprint density at radius 3 is 2.62 bits per heavy atom. The van der Waals surface area contributed by atoms with Crippen LogP contribution in [0.4, 0.5) is 0 Å². The zero-order chi connectivity index (χ0) is 16.0. The van der Waals surface area contributed by atoms with E-state index in [4.69, 9.17) is 10.4 Å². The Kier molecular flexibility index (Phi) is 6.06. The van der Waals surface area contributed by atoms with Crippen LogP contribution in [0.15, 0.2) is 18.2 Å². The average molecular weight is 308 g/mol. The van der Waals surface area contributed by atoms with Crippen LogP contribution >= 0.6 is 0 Å². The predicted octanol–water partition coefficient (Wildman–Crippen LogP) is 0.705. The molecule has 21 heavy (non-hydrogen) atoms. The Morgan fingerprint density at radius 1 is 1.48 bits per heavy atom. The number of hydrogen-bond acceptors (Lipinski definition) is 4. The van der Waals surface area contributed by atoms with Gasteiger partial charge in [0.1, 0.15) is 6.04 Å². The number of aryl methyl sites for hydroxylation is 1. The molecule has 0 bridgehead atoms. The van der Waals surface area contributed by atoms with Crippen molar-refractivity contribution in [2.45, 2.75) is 25.6 Å². The third-order valence-electron chi connectivity index (χ3n) is 2.82. The van der Waals surface area contributed by atoms with Crippen molar-refractivity contribution in [2.24, 2.45) is 0 Å². The highest BCUT2D eigenvalue weighted by Crippen LogP contribution is 2.13. The van der Waals surface area contributed by atoms with E-state index in [0.29, 0.717) is 5.56 Å². The first-order chi connectivity index (χ1) is 9.83.